The van der Waals surface area contributed by atoms with E-state index in [1.165, 1.54) is 0 Å². The van der Waals surface area contributed by atoms with Crippen LogP contribution in [0.5, 0.6) is 0 Å². The second kappa shape index (κ2) is 5.61. The average Bonchev–Trinajstić information content (AvgIpc) is 2.91. The van der Waals surface area contributed by atoms with E-state index in [9.17, 15) is 18.3 Å². The van der Waals surface area contributed by atoms with Crippen molar-refractivity contribution in [1.29, 1.82) is 0 Å². The summed E-state index contributed by atoms with van der Waals surface area (Å²) in [6, 6.07) is 0. The molecule has 0 amide bonds. The van der Waals surface area contributed by atoms with Gasteiger partial charge in [0.15, 0.2) is 0 Å². The minimum absolute atomic E-state index is 0.0615. The van der Waals surface area contributed by atoms with Crippen molar-refractivity contribution in [3.63, 3.8) is 0 Å². The van der Waals surface area contributed by atoms with Gasteiger partial charge in [0.25, 0.3) is 10.1 Å². The molecule has 0 spiro atoms. The molecule has 0 radical (unpaired) electrons. The summed E-state index contributed by atoms with van der Waals surface area (Å²) in [5.41, 5.74) is -0.551. The van der Waals surface area contributed by atoms with Crippen LogP contribution in [0.1, 0.15) is 45.4 Å². The number of hydrogen-bond donors (Lipinski definition) is 1. The highest BCUT2D eigenvalue weighted by atomic mass is 32.2. The van der Waals surface area contributed by atoms with E-state index in [4.69, 9.17) is 8.92 Å². The zero-order chi connectivity index (χ0) is 15.0. The highest BCUT2D eigenvalue weighted by Gasteiger charge is 2.48. The topological polar surface area (TPSA) is 89.9 Å². The van der Waals surface area contributed by atoms with E-state index in [0.29, 0.717) is 19.3 Å². The van der Waals surface area contributed by atoms with Crippen LogP contribution in [0.4, 0.5) is 0 Å². The van der Waals surface area contributed by atoms with E-state index < -0.39 is 21.8 Å². The molecule has 116 valence electrons. The number of carbonyl (C=O) groups excluding carboxylic acids is 1. The van der Waals surface area contributed by atoms with Crippen molar-refractivity contribution in [1.82, 2.24) is 0 Å². The molecule has 1 heterocycles. The Morgan fingerprint density at radius 2 is 2.15 bits per heavy atom. The van der Waals surface area contributed by atoms with Gasteiger partial charge < -0.3 is 9.84 Å². The van der Waals surface area contributed by atoms with Crippen molar-refractivity contribution in [2.45, 2.75) is 63.3 Å². The van der Waals surface area contributed by atoms with Gasteiger partial charge in [-0.3, -0.25) is 8.98 Å². The summed E-state index contributed by atoms with van der Waals surface area (Å²) < 4.78 is 32.8. The molecule has 7 heteroatoms. The molecule has 1 aliphatic carbocycles. The normalized spacial score (nSPS) is 30.6. The zero-order valence-corrected chi connectivity index (χ0v) is 12.7. The molecule has 1 saturated carbocycles. The van der Waals surface area contributed by atoms with Crippen molar-refractivity contribution in [2.24, 2.45) is 5.92 Å². The van der Waals surface area contributed by atoms with Gasteiger partial charge in [-0.1, -0.05) is 6.92 Å². The summed E-state index contributed by atoms with van der Waals surface area (Å²) in [4.78, 5) is 11.3. The predicted molar refractivity (Wildman–Crippen MR) is 71.4 cm³/mol. The number of esters is 1. The fraction of sp³-hybridized carbons (Fsp3) is 0.923. The van der Waals surface area contributed by atoms with E-state index in [-0.39, 0.29) is 24.4 Å². The summed E-state index contributed by atoms with van der Waals surface area (Å²) in [6.07, 6.45) is 3.42. The standard InChI is InChI=1S/C13H22O6S/c1-9(5-11-6-10(14)7-12(15)18-11)8-13(3-4-13)19-20(2,16)17/h9-11,14H,3-8H2,1-2H3/t9-,10-,11-/m1/s1. The van der Waals surface area contributed by atoms with Crippen LogP contribution >= 0.6 is 0 Å². The Balaban J connectivity index is 1.83. The molecule has 1 aliphatic heterocycles. The number of hydrogen-bond acceptors (Lipinski definition) is 6. The second-order valence-electron chi connectivity index (χ2n) is 6.22. The van der Waals surface area contributed by atoms with E-state index in [0.717, 1.165) is 19.1 Å². The monoisotopic (exact) mass is 306 g/mol. The molecule has 6 nitrogen and oxygen atoms in total. The molecule has 0 aromatic heterocycles. The number of ether oxygens (including phenoxy) is 1. The molecule has 20 heavy (non-hydrogen) atoms. The summed E-state index contributed by atoms with van der Waals surface area (Å²) >= 11 is 0. The first-order valence-corrected chi connectivity index (χ1v) is 8.77. The highest BCUT2D eigenvalue weighted by Crippen LogP contribution is 2.46. The Kier molecular flexibility index (Phi) is 4.41. The van der Waals surface area contributed by atoms with E-state index in [1.807, 2.05) is 6.92 Å². The maximum atomic E-state index is 11.3. The van der Waals surface area contributed by atoms with Gasteiger partial charge in [-0.25, -0.2) is 0 Å². The van der Waals surface area contributed by atoms with Crippen LogP contribution in [-0.2, 0) is 23.8 Å². The molecular formula is C13H22O6S. The molecule has 2 rings (SSSR count). The van der Waals surface area contributed by atoms with E-state index >= 15 is 0 Å². The highest BCUT2D eigenvalue weighted by molar-refractivity contribution is 7.86. The van der Waals surface area contributed by atoms with Gasteiger partial charge >= 0.3 is 5.97 Å². The van der Waals surface area contributed by atoms with Crippen molar-refractivity contribution < 1.29 is 27.2 Å². The predicted octanol–water partition coefficient (Wildman–Crippen LogP) is 0.978. The third kappa shape index (κ3) is 4.71. The minimum Gasteiger partial charge on any atom is -0.462 e. The summed E-state index contributed by atoms with van der Waals surface area (Å²) in [6.45, 7) is 1.99. The lowest BCUT2D eigenvalue weighted by atomic mass is 9.92. The number of aliphatic hydroxyl groups is 1. The summed E-state index contributed by atoms with van der Waals surface area (Å²) in [7, 11) is -3.44. The Morgan fingerprint density at radius 1 is 1.50 bits per heavy atom. The van der Waals surface area contributed by atoms with Gasteiger partial charge in [-0.05, 0) is 31.6 Å². The maximum absolute atomic E-state index is 11.3. The van der Waals surface area contributed by atoms with Crippen LogP contribution in [-0.4, -0.2) is 43.6 Å². The maximum Gasteiger partial charge on any atom is 0.308 e. The van der Waals surface area contributed by atoms with Gasteiger partial charge in [-0.2, -0.15) is 8.42 Å². The van der Waals surface area contributed by atoms with Crippen molar-refractivity contribution in [3.8, 4) is 0 Å². The quantitative estimate of drug-likeness (QED) is 0.581. The summed E-state index contributed by atoms with van der Waals surface area (Å²) in [5, 5.41) is 9.56. The van der Waals surface area contributed by atoms with Crippen LogP contribution in [0.3, 0.4) is 0 Å². The second-order valence-corrected chi connectivity index (χ2v) is 7.80. The molecule has 1 N–H and O–H groups in total. The van der Waals surface area contributed by atoms with Gasteiger partial charge in [0, 0.05) is 6.42 Å². The smallest absolute Gasteiger partial charge is 0.308 e. The molecule has 0 bridgehead atoms. The summed E-state index contributed by atoms with van der Waals surface area (Å²) in [5.74, 6) is -0.197. The van der Waals surface area contributed by atoms with Crippen LogP contribution in [0, 0.1) is 5.92 Å². The Morgan fingerprint density at radius 3 is 2.65 bits per heavy atom. The van der Waals surface area contributed by atoms with Gasteiger partial charge in [-0.15, -0.1) is 0 Å². The molecule has 1 saturated heterocycles. The van der Waals surface area contributed by atoms with Crippen LogP contribution in [0.25, 0.3) is 0 Å². The first-order valence-electron chi connectivity index (χ1n) is 6.96. The molecule has 3 atom stereocenters. The lowest BCUT2D eigenvalue weighted by Gasteiger charge is -2.29. The van der Waals surface area contributed by atoms with Crippen LogP contribution in [0.2, 0.25) is 0 Å². The third-order valence-corrected chi connectivity index (χ3v) is 4.41. The van der Waals surface area contributed by atoms with E-state index in [1.54, 1.807) is 0 Å². The Bertz CT molecular complexity index is 467. The van der Waals surface area contributed by atoms with Gasteiger partial charge in [0.05, 0.1) is 24.4 Å². The Hall–Kier alpha value is -0.660. The third-order valence-electron chi connectivity index (χ3n) is 3.76. The average molecular weight is 306 g/mol. The number of cyclic esters (lactones) is 1. The van der Waals surface area contributed by atoms with Crippen molar-refractivity contribution >= 4 is 16.1 Å². The van der Waals surface area contributed by atoms with Crippen molar-refractivity contribution in [3.05, 3.63) is 0 Å². The fourth-order valence-corrected chi connectivity index (χ4v) is 3.83. The zero-order valence-electron chi connectivity index (χ0n) is 11.9. The number of rotatable bonds is 6. The van der Waals surface area contributed by atoms with Gasteiger partial charge in [0.2, 0.25) is 0 Å². The van der Waals surface area contributed by atoms with Gasteiger partial charge in [0.1, 0.15) is 6.10 Å². The van der Waals surface area contributed by atoms with Crippen LogP contribution < -0.4 is 0 Å². The SMILES string of the molecule is C[C@H](C[C@@H]1C[C@@H](O)CC(=O)O1)CC1(OS(C)(=O)=O)CC1. The molecule has 0 aromatic carbocycles. The first kappa shape index (κ1) is 15.7. The Labute approximate surface area is 119 Å². The lowest BCUT2D eigenvalue weighted by Crippen LogP contribution is -2.34. The molecule has 0 unspecified atom stereocenters. The largest absolute Gasteiger partial charge is 0.462 e. The molecule has 2 fully saturated rings. The minimum atomic E-state index is -3.44. The molecule has 2 aliphatic rings. The van der Waals surface area contributed by atoms with Crippen LogP contribution in [0.15, 0.2) is 0 Å². The lowest BCUT2D eigenvalue weighted by molar-refractivity contribution is -0.161. The number of aliphatic hydroxyl groups excluding tert-OH is 1. The fourth-order valence-electron chi connectivity index (χ4n) is 2.95. The molecular weight excluding hydrogens is 284 g/mol. The first-order chi connectivity index (χ1) is 9.17. The van der Waals surface area contributed by atoms with Crippen molar-refractivity contribution in [2.75, 3.05) is 6.26 Å². The van der Waals surface area contributed by atoms with E-state index in [2.05, 4.69) is 0 Å². The number of carbonyl (C=O) groups is 1. The molecule has 0 aromatic rings.